The zero-order valence-corrected chi connectivity index (χ0v) is 16.0. The van der Waals surface area contributed by atoms with Gasteiger partial charge in [0.05, 0.1) is 12.6 Å². The van der Waals surface area contributed by atoms with E-state index in [1.165, 1.54) is 11.6 Å². The van der Waals surface area contributed by atoms with Crippen molar-refractivity contribution < 1.29 is 9.47 Å². The summed E-state index contributed by atoms with van der Waals surface area (Å²) >= 11 is 0. The van der Waals surface area contributed by atoms with Gasteiger partial charge in [0.1, 0.15) is 6.61 Å². The van der Waals surface area contributed by atoms with E-state index in [2.05, 4.69) is 4.98 Å². The molecule has 1 aromatic carbocycles. The van der Waals surface area contributed by atoms with E-state index in [4.69, 9.17) is 9.47 Å². The molecule has 1 atom stereocenters. The molecule has 0 aliphatic carbocycles. The number of imidazole rings is 1. The van der Waals surface area contributed by atoms with E-state index in [9.17, 15) is 9.59 Å². The molecule has 2 heterocycles. The summed E-state index contributed by atoms with van der Waals surface area (Å²) in [5, 5.41) is 0. The van der Waals surface area contributed by atoms with Crippen molar-refractivity contribution in [3.05, 3.63) is 56.7 Å². The fourth-order valence-electron chi connectivity index (χ4n) is 3.07. The molecule has 0 bridgehead atoms. The fourth-order valence-corrected chi connectivity index (χ4v) is 3.07. The highest BCUT2D eigenvalue weighted by Gasteiger charge is 2.24. The minimum atomic E-state index is -0.426. The molecule has 0 saturated heterocycles. The Morgan fingerprint density at radius 1 is 1.07 bits per heavy atom. The molecule has 0 spiro atoms. The van der Waals surface area contributed by atoms with Gasteiger partial charge < -0.3 is 9.47 Å². The molecule has 1 unspecified atom stereocenters. The number of hydrogen-bond donors (Lipinski definition) is 0. The molecule has 0 amide bonds. The van der Waals surface area contributed by atoms with Gasteiger partial charge in [0.15, 0.2) is 11.2 Å². The average molecular weight is 372 g/mol. The Kier molecular flexibility index (Phi) is 5.46. The van der Waals surface area contributed by atoms with Crippen molar-refractivity contribution in [2.45, 2.75) is 19.9 Å². The highest BCUT2D eigenvalue weighted by atomic mass is 16.5. The van der Waals surface area contributed by atoms with Crippen molar-refractivity contribution in [2.24, 2.45) is 14.1 Å². The molecule has 3 rings (SSSR count). The Morgan fingerprint density at radius 3 is 2.44 bits per heavy atom. The zero-order chi connectivity index (χ0) is 19.6. The lowest BCUT2D eigenvalue weighted by Gasteiger charge is -2.17. The summed E-state index contributed by atoms with van der Waals surface area (Å²) in [7, 11) is 3.06. The second-order valence-electron chi connectivity index (χ2n) is 6.27. The van der Waals surface area contributed by atoms with E-state index in [0.717, 1.165) is 10.1 Å². The first-order valence-corrected chi connectivity index (χ1v) is 8.90. The average Bonchev–Trinajstić information content (AvgIpc) is 3.07. The van der Waals surface area contributed by atoms with E-state index in [1.54, 1.807) is 11.6 Å². The highest BCUT2D eigenvalue weighted by Crippen LogP contribution is 2.27. The first-order chi connectivity index (χ1) is 13.0. The van der Waals surface area contributed by atoms with Crippen molar-refractivity contribution in [2.75, 3.05) is 19.8 Å². The van der Waals surface area contributed by atoms with E-state index in [0.29, 0.717) is 37.0 Å². The SMILES string of the molecule is CCOCCOc1nc2c(c(=O)n(C)c(=O)n2C)n1C(C)c1ccccc1. The van der Waals surface area contributed by atoms with Gasteiger partial charge in [-0.1, -0.05) is 30.3 Å². The van der Waals surface area contributed by atoms with Crippen LogP contribution in [0.4, 0.5) is 0 Å². The van der Waals surface area contributed by atoms with E-state index >= 15 is 0 Å². The second kappa shape index (κ2) is 7.79. The van der Waals surface area contributed by atoms with Gasteiger partial charge >= 0.3 is 5.69 Å². The smallest absolute Gasteiger partial charge is 0.332 e. The van der Waals surface area contributed by atoms with Crippen LogP contribution in [0.5, 0.6) is 6.01 Å². The minimum Gasteiger partial charge on any atom is -0.462 e. The van der Waals surface area contributed by atoms with Crippen molar-refractivity contribution in [3.8, 4) is 6.01 Å². The minimum absolute atomic E-state index is 0.205. The van der Waals surface area contributed by atoms with Crippen LogP contribution in [0.15, 0.2) is 39.9 Å². The molecule has 0 aliphatic rings. The number of ether oxygens (including phenoxy) is 2. The molecular weight excluding hydrogens is 348 g/mol. The first-order valence-electron chi connectivity index (χ1n) is 8.90. The maximum Gasteiger partial charge on any atom is 0.332 e. The van der Waals surface area contributed by atoms with Gasteiger partial charge in [-0.2, -0.15) is 4.98 Å². The Balaban J connectivity index is 2.21. The van der Waals surface area contributed by atoms with Gasteiger partial charge in [-0.05, 0) is 19.4 Å². The molecule has 0 saturated carbocycles. The molecule has 0 aliphatic heterocycles. The lowest BCUT2D eigenvalue weighted by molar-refractivity contribution is 0.104. The van der Waals surface area contributed by atoms with Crippen molar-refractivity contribution in [3.63, 3.8) is 0 Å². The molecule has 8 heteroatoms. The topological polar surface area (TPSA) is 80.3 Å². The Hall–Kier alpha value is -2.87. The van der Waals surface area contributed by atoms with Crippen LogP contribution in [0.1, 0.15) is 25.5 Å². The fraction of sp³-hybridized carbons (Fsp3) is 0.421. The Bertz CT molecular complexity index is 1050. The molecule has 0 N–H and O–H groups in total. The summed E-state index contributed by atoms with van der Waals surface area (Å²) in [5.41, 5.74) is 0.815. The molecule has 144 valence electrons. The van der Waals surface area contributed by atoms with Crippen LogP contribution in [-0.4, -0.2) is 38.5 Å². The third-order valence-electron chi connectivity index (χ3n) is 4.59. The number of hydrogen-bond acceptors (Lipinski definition) is 5. The first kappa shape index (κ1) is 18.9. The third kappa shape index (κ3) is 3.40. The maximum absolute atomic E-state index is 12.9. The van der Waals surface area contributed by atoms with Gasteiger partial charge in [0, 0.05) is 20.7 Å². The van der Waals surface area contributed by atoms with Crippen LogP contribution >= 0.6 is 0 Å². The molecular formula is C19H24N4O4. The van der Waals surface area contributed by atoms with Gasteiger partial charge in [0.25, 0.3) is 11.6 Å². The Morgan fingerprint density at radius 2 is 1.78 bits per heavy atom. The number of rotatable bonds is 7. The number of nitrogens with zero attached hydrogens (tertiary/aromatic N) is 4. The van der Waals surface area contributed by atoms with E-state index in [1.807, 2.05) is 44.2 Å². The summed E-state index contributed by atoms with van der Waals surface area (Å²) < 4.78 is 15.3. The Labute approximate surface area is 156 Å². The summed E-state index contributed by atoms with van der Waals surface area (Å²) in [4.78, 5) is 29.6. The lowest BCUT2D eigenvalue weighted by Crippen LogP contribution is -2.37. The highest BCUT2D eigenvalue weighted by molar-refractivity contribution is 5.72. The molecule has 8 nitrogen and oxygen atoms in total. The third-order valence-corrected chi connectivity index (χ3v) is 4.59. The monoisotopic (exact) mass is 372 g/mol. The predicted octanol–water partition coefficient (Wildman–Crippen LogP) is 1.46. The quantitative estimate of drug-likeness (QED) is 0.587. The van der Waals surface area contributed by atoms with Crippen LogP contribution in [-0.2, 0) is 18.8 Å². The van der Waals surface area contributed by atoms with Crippen LogP contribution in [0.2, 0.25) is 0 Å². The molecule has 2 aromatic heterocycles. The van der Waals surface area contributed by atoms with Gasteiger partial charge in [-0.3, -0.25) is 18.5 Å². The van der Waals surface area contributed by atoms with Gasteiger partial charge in [-0.25, -0.2) is 4.79 Å². The van der Waals surface area contributed by atoms with Crippen LogP contribution in [0, 0.1) is 0 Å². The summed E-state index contributed by atoms with van der Waals surface area (Å²) in [6, 6.07) is 9.86. The predicted molar refractivity (Wildman–Crippen MR) is 102 cm³/mol. The normalized spacial score (nSPS) is 12.4. The standard InChI is InChI=1S/C19H24N4O4/c1-5-26-11-12-27-18-20-16-15(17(24)22(4)19(25)21(16)3)23(18)13(2)14-9-7-6-8-10-14/h6-10,13H,5,11-12H2,1-4H3. The number of aromatic nitrogens is 4. The molecule has 27 heavy (non-hydrogen) atoms. The van der Waals surface area contributed by atoms with Crippen molar-refractivity contribution in [1.29, 1.82) is 0 Å². The van der Waals surface area contributed by atoms with Crippen LogP contribution < -0.4 is 16.0 Å². The molecule has 0 radical (unpaired) electrons. The molecule has 3 aromatic rings. The zero-order valence-electron chi connectivity index (χ0n) is 16.0. The lowest BCUT2D eigenvalue weighted by atomic mass is 10.1. The van der Waals surface area contributed by atoms with Gasteiger partial charge in [0.2, 0.25) is 0 Å². The van der Waals surface area contributed by atoms with Crippen LogP contribution in [0.3, 0.4) is 0 Å². The summed E-state index contributed by atoms with van der Waals surface area (Å²) in [6.07, 6.45) is 0. The number of benzene rings is 1. The van der Waals surface area contributed by atoms with Crippen molar-refractivity contribution >= 4 is 11.2 Å². The summed E-state index contributed by atoms with van der Waals surface area (Å²) in [5.74, 6) is 0. The summed E-state index contributed by atoms with van der Waals surface area (Å²) in [6.45, 7) is 5.18. The maximum atomic E-state index is 12.9. The number of aryl methyl sites for hydroxylation is 1. The van der Waals surface area contributed by atoms with Crippen molar-refractivity contribution in [1.82, 2.24) is 18.7 Å². The molecule has 0 fully saturated rings. The van der Waals surface area contributed by atoms with Gasteiger partial charge in [-0.15, -0.1) is 0 Å². The van der Waals surface area contributed by atoms with Crippen LogP contribution in [0.25, 0.3) is 11.2 Å². The van der Waals surface area contributed by atoms with E-state index in [-0.39, 0.29) is 6.04 Å². The van der Waals surface area contributed by atoms with E-state index < -0.39 is 11.2 Å². The number of fused-ring (bicyclic) bond motifs is 1. The second-order valence-corrected chi connectivity index (χ2v) is 6.27. The largest absolute Gasteiger partial charge is 0.462 e.